The first-order valence-electron chi connectivity index (χ1n) is 6.89. The van der Waals surface area contributed by atoms with Gasteiger partial charge in [0.25, 0.3) is 5.56 Å². The lowest BCUT2D eigenvalue weighted by molar-refractivity contribution is 0.0525. The normalized spacial score (nSPS) is 10.2. The zero-order valence-corrected chi connectivity index (χ0v) is 12.1. The largest absolute Gasteiger partial charge is 0.462 e. The van der Waals surface area contributed by atoms with Crippen LogP contribution in [0, 0.1) is 0 Å². The minimum atomic E-state index is -0.436. The molecule has 5 nitrogen and oxygen atoms in total. The summed E-state index contributed by atoms with van der Waals surface area (Å²) in [4.78, 5) is 23.8. The molecule has 21 heavy (non-hydrogen) atoms. The Labute approximate surface area is 123 Å². The minimum absolute atomic E-state index is 0.198. The van der Waals surface area contributed by atoms with E-state index in [1.54, 1.807) is 6.92 Å². The smallest absolute Gasteiger partial charge is 0.339 e. The lowest BCUT2D eigenvalue weighted by atomic mass is 10.2. The number of nitrogens with zero attached hydrogens (tertiary/aromatic N) is 1. The van der Waals surface area contributed by atoms with Crippen LogP contribution in [-0.4, -0.2) is 23.7 Å². The van der Waals surface area contributed by atoms with Crippen LogP contribution in [-0.2, 0) is 4.74 Å². The van der Waals surface area contributed by atoms with Crippen molar-refractivity contribution in [1.29, 1.82) is 0 Å². The van der Waals surface area contributed by atoms with Crippen LogP contribution in [0.2, 0.25) is 0 Å². The van der Waals surface area contributed by atoms with Crippen molar-refractivity contribution in [2.24, 2.45) is 0 Å². The van der Waals surface area contributed by atoms with E-state index in [0.717, 1.165) is 12.2 Å². The van der Waals surface area contributed by atoms with Gasteiger partial charge in [-0.25, -0.2) is 4.79 Å². The number of ether oxygens (including phenoxy) is 1. The summed E-state index contributed by atoms with van der Waals surface area (Å²) >= 11 is 0. The summed E-state index contributed by atoms with van der Waals surface area (Å²) in [6, 6.07) is 10.3. The summed E-state index contributed by atoms with van der Waals surface area (Å²) in [7, 11) is 0. The summed E-state index contributed by atoms with van der Waals surface area (Å²) in [5.74, 6) is -0.436. The Kier molecular flexibility index (Phi) is 4.77. The van der Waals surface area contributed by atoms with Crippen molar-refractivity contribution in [3.05, 3.63) is 58.5 Å². The van der Waals surface area contributed by atoms with E-state index >= 15 is 0 Å². The van der Waals surface area contributed by atoms with Gasteiger partial charge in [0.2, 0.25) is 0 Å². The van der Waals surface area contributed by atoms with Gasteiger partial charge in [-0.3, -0.25) is 9.36 Å². The summed E-state index contributed by atoms with van der Waals surface area (Å²) in [5, 5.41) is 3.19. The molecule has 0 aliphatic rings. The van der Waals surface area contributed by atoms with Crippen LogP contribution in [0.15, 0.2) is 47.4 Å². The second kappa shape index (κ2) is 6.74. The maximum Gasteiger partial charge on any atom is 0.339 e. The molecule has 0 spiro atoms. The topological polar surface area (TPSA) is 60.3 Å². The first-order valence-corrected chi connectivity index (χ1v) is 6.89. The number of esters is 1. The summed E-state index contributed by atoms with van der Waals surface area (Å²) in [6.07, 6.45) is 1.51. The Morgan fingerprint density at radius 1 is 1.24 bits per heavy atom. The Morgan fingerprint density at radius 3 is 2.76 bits per heavy atom. The fraction of sp³-hybridized carbons (Fsp3) is 0.250. The van der Waals surface area contributed by atoms with E-state index in [9.17, 15) is 9.59 Å². The van der Waals surface area contributed by atoms with E-state index in [1.807, 2.05) is 31.2 Å². The van der Waals surface area contributed by atoms with Crippen molar-refractivity contribution in [1.82, 2.24) is 4.57 Å². The predicted molar refractivity (Wildman–Crippen MR) is 82.2 cm³/mol. The molecular formula is C16H18N2O3. The van der Waals surface area contributed by atoms with Crippen LogP contribution in [0.4, 0.5) is 5.69 Å². The molecule has 0 unspecified atom stereocenters. The van der Waals surface area contributed by atoms with Crippen LogP contribution < -0.4 is 10.9 Å². The maximum atomic E-state index is 12.0. The second-order valence-corrected chi connectivity index (χ2v) is 4.43. The SMILES string of the molecule is CCNc1cccc(-n2cc(C(=O)OCC)ccc2=O)c1. The third-order valence-electron chi connectivity index (χ3n) is 2.93. The monoisotopic (exact) mass is 286 g/mol. The average Bonchev–Trinajstić information content (AvgIpc) is 2.48. The van der Waals surface area contributed by atoms with Gasteiger partial charge in [-0.2, -0.15) is 0 Å². The van der Waals surface area contributed by atoms with E-state index in [4.69, 9.17) is 4.74 Å². The predicted octanol–water partition coefficient (Wildman–Crippen LogP) is 2.45. The summed E-state index contributed by atoms with van der Waals surface area (Å²) < 4.78 is 6.39. The number of benzene rings is 1. The molecule has 0 saturated carbocycles. The van der Waals surface area contributed by atoms with Crippen LogP contribution in [0.5, 0.6) is 0 Å². The maximum absolute atomic E-state index is 12.0. The molecule has 110 valence electrons. The fourth-order valence-corrected chi connectivity index (χ4v) is 1.99. The van der Waals surface area contributed by atoms with Crippen molar-refractivity contribution in [2.75, 3.05) is 18.5 Å². The molecule has 0 atom stereocenters. The van der Waals surface area contributed by atoms with Crippen LogP contribution in [0.3, 0.4) is 0 Å². The molecule has 0 amide bonds. The molecule has 0 fully saturated rings. The zero-order chi connectivity index (χ0) is 15.2. The molecule has 1 aromatic carbocycles. The van der Waals surface area contributed by atoms with Gasteiger partial charge in [0.15, 0.2) is 0 Å². The molecule has 1 N–H and O–H groups in total. The number of hydrogen-bond donors (Lipinski definition) is 1. The number of nitrogens with one attached hydrogen (secondary N) is 1. The van der Waals surface area contributed by atoms with Gasteiger partial charge in [0.05, 0.1) is 17.9 Å². The minimum Gasteiger partial charge on any atom is -0.462 e. The van der Waals surface area contributed by atoms with Gasteiger partial charge in [0, 0.05) is 24.5 Å². The Balaban J connectivity index is 2.43. The van der Waals surface area contributed by atoms with Crippen LogP contribution >= 0.6 is 0 Å². The van der Waals surface area contributed by atoms with Crippen molar-refractivity contribution in [3.8, 4) is 5.69 Å². The summed E-state index contributed by atoms with van der Waals surface area (Å²) in [5.41, 5.74) is 1.77. The lowest BCUT2D eigenvalue weighted by Crippen LogP contribution is -2.19. The average molecular weight is 286 g/mol. The fourth-order valence-electron chi connectivity index (χ4n) is 1.99. The quantitative estimate of drug-likeness (QED) is 0.858. The second-order valence-electron chi connectivity index (χ2n) is 4.43. The molecular weight excluding hydrogens is 268 g/mol. The molecule has 0 saturated heterocycles. The molecule has 0 aliphatic carbocycles. The van der Waals surface area contributed by atoms with Crippen molar-refractivity contribution < 1.29 is 9.53 Å². The van der Waals surface area contributed by atoms with Gasteiger partial charge in [0.1, 0.15) is 0 Å². The molecule has 0 aliphatic heterocycles. The standard InChI is InChI=1S/C16H18N2O3/c1-3-17-13-6-5-7-14(10-13)18-11-12(8-9-15(18)19)16(20)21-4-2/h5-11,17H,3-4H2,1-2H3. The number of rotatable bonds is 5. The van der Waals surface area contributed by atoms with Crippen molar-refractivity contribution >= 4 is 11.7 Å². The molecule has 1 aromatic heterocycles. The molecule has 0 bridgehead atoms. The lowest BCUT2D eigenvalue weighted by Gasteiger charge is -2.10. The third-order valence-corrected chi connectivity index (χ3v) is 2.93. The molecule has 2 aromatic rings. The number of pyridine rings is 1. The molecule has 0 radical (unpaired) electrons. The highest BCUT2D eigenvalue weighted by Gasteiger charge is 2.09. The number of aromatic nitrogens is 1. The number of carbonyl (C=O) groups is 1. The summed E-state index contributed by atoms with van der Waals surface area (Å²) in [6.45, 7) is 4.84. The Bertz CT molecular complexity index is 692. The Hall–Kier alpha value is -2.56. The first-order chi connectivity index (χ1) is 10.2. The van der Waals surface area contributed by atoms with Crippen LogP contribution in [0.1, 0.15) is 24.2 Å². The van der Waals surface area contributed by atoms with E-state index < -0.39 is 5.97 Å². The van der Waals surface area contributed by atoms with E-state index in [-0.39, 0.29) is 5.56 Å². The zero-order valence-electron chi connectivity index (χ0n) is 12.1. The van der Waals surface area contributed by atoms with E-state index in [0.29, 0.717) is 17.9 Å². The van der Waals surface area contributed by atoms with Crippen molar-refractivity contribution in [2.45, 2.75) is 13.8 Å². The number of anilines is 1. The first kappa shape index (κ1) is 14.8. The third kappa shape index (κ3) is 3.51. The highest BCUT2D eigenvalue weighted by atomic mass is 16.5. The van der Waals surface area contributed by atoms with E-state index in [2.05, 4.69) is 5.32 Å². The van der Waals surface area contributed by atoms with Gasteiger partial charge >= 0.3 is 5.97 Å². The van der Waals surface area contributed by atoms with Gasteiger partial charge in [-0.1, -0.05) is 6.07 Å². The highest BCUT2D eigenvalue weighted by Crippen LogP contribution is 2.14. The van der Waals surface area contributed by atoms with Gasteiger partial charge in [-0.05, 0) is 38.1 Å². The van der Waals surface area contributed by atoms with Gasteiger partial charge in [-0.15, -0.1) is 0 Å². The Morgan fingerprint density at radius 2 is 2.05 bits per heavy atom. The number of carbonyl (C=O) groups excluding carboxylic acids is 1. The van der Waals surface area contributed by atoms with E-state index in [1.165, 1.54) is 22.9 Å². The molecule has 2 rings (SSSR count). The number of hydrogen-bond acceptors (Lipinski definition) is 4. The van der Waals surface area contributed by atoms with Crippen molar-refractivity contribution in [3.63, 3.8) is 0 Å². The molecule has 5 heteroatoms. The molecule has 1 heterocycles. The van der Waals surface area contributed by atoms with Crippen LogP contribution in [0.25, 0.3) is 5.69 Å². The highest BCUT2D eigenvalue weighted by molar-refractivity contribution is 5.89. The van der Waals surface area contributed by atoms with Gasteiger partial charge < -0.3 is 10.1 Å².